The molecule has 0 aliphatic rings. The number of alkyl halides is 2. The van der Waals surface area contributed by atoms with E-state index in [9.17, 15) is 27.9 Å². The Hall–Kier alpha value is -2.93. The van der Waals surface area contributed by atoms with Gasteiger partial charge in [-0.05, 0) is 12.3 Å². The molecule has 14 heteroatoms. The van der Waals surface area contributed by atoms with Gasteiger partial charge in [0.25, 0.3) is 0 Å². The number of carbonyl (C=O) groups is 2. The second-order valence-electron chi connectivity index (χ2n) is 8.39. The summed E-state index contributed by atoms with van der Waals surface area (Å²) in [5.74, 6) is -5.97. The molecular weight excluding hydrogens is 518 g/mol. The average molecular weight is 537 g/mol. The molecule has 1 atom stereocenters. The molecule has 1 unspecified atom stereocenters. The summed E-state index contributed by atoms with van der Waals surface area (Å²) in [5, 5.41) is 15.4. The summed E-state index contributed by atoms with van der Waals surface area (Å²) < 4.78 is 65.3. The van der Waals surface area contributed by atoms with Crippen molar-refractivity contribution in [3.63, 3.8) is 0 Å². The zero-order valence-corrected chi connectivity index (χ0v) is 20.6. The number of halogens is 5. The Morgan fingerprint density at radius 1 is 1.26 bits per heavy atom. The van der Waals surface area contributed by atoms with Crippen LogP contribution in [0.4, 0.5) is 17.6 Å². The van der Waals surface area contributed by atoms with E-state index in [1.54, 1.807) is 0 Å². The Morgan fingerprint density at radius 3 is 2.40 bits per heavy atom. The van der Waals surface area contributed by atoms with Crippen LogP contribution in [0.25, 0.3) is 21.5 Å². The van der Waals surface area contributed by atoms with Crippen LogP contribution in [-0.2, 0) is 26.8 Å². The van der Waals surface area contributed by atoms with Crippen molar-refractivity contribution in [3.05, 3.63) is 27.7 Å². The van der Waals surface area contributed by atoms with Crippen LogP contribution in [0.5, 0.6) is 5.88 Å². The predicted octanol–water partition coefficient (Wildman–Crippen LogP) is 3.83. The van der Waals surface area contributed by atoms with Crippen LogP contribution in [0.2, 0.25) is 5.02 Å². The Labute approximate surface area is 205 Å². The minimum atomic E-state index is -3.26. The Kier molecular flexibility index (Phi) is 7.06. The maximum Gasteiger partial charge on any atom is 0.388 e. The molecule has 35 heavy (non-hydrogen) atoms. The van der Waals surface area contributed by atoms with Gasteiger partial charge in [-0.3, -0.25) is 4.79 Å². The smallest absolute Gasteiger partial charge is 0.388 e. The fourth-order valence-corrected chi connectivity index (χ4v) is 5.47. The van der Waals surface area contributed by atoms with Crippen LogP contribution in [0.15, 0.2) is 6.07 Å². The number of rotatable bonds is 7. The number of aliphatic carboxylic acids is 1. The zero-order valence-electron chi connectivity index (χ0n) is 19.0. The number of fused-ring (bicyclic) bond motifs is 1. The third-order valence-corrected chi connectivity index (χ3v) is 6.82. The van der Waals surface area contributed by atoms with Gasteiger partial charge in [-0.2, -0.15) is 13.9 Å². The molecule has 0 aliphatic heterocycles. The summed E-state index contributed by atoms with van der Waals surface area (Å²) in [5.41, 5.74) is -5.20. The summed E-state index contributed by atoms with van der Waals surface area (Å²) in [6, 6.07) is 0.460. The van der Waals surface area contributed by atoms with Crippen molar-refractivity contribution in [3.8, 4) is 17.1 Å². The molecule has 0 saturated carbocycles. The van der Waals surface area contributed by atoms with E-state index in [1.807, 2.05) is 0 Å². The molecule has 0 N–H and O–H groups in total. The van der Waals surface area contributed by atoms with E-state index >= 15 is 4.39 Å². The van der Waals surface area contributed by atoms with Gasteiger partial charge < -0.3 is 19.4 Å². The first-order valence-corrected chi connectivity index (χ1v) is 11.2. The summed E-state index contributed by atoms with van der Waals surface area (Å²) >= 11 is 6.63. The Balaban J connectivity index is 2.41. The zero-order chi connectivity index (χ0) is 26.5. The van der Waals surface area contributed by atoms with Crippen molar-refractivity contribution in [2.75, 3.05) is 6.61 Å². The lowest BCUT2D eigenvalue weighted by Gasteiger charge is -2.41. The largest absolute Gasteiger partial charge is 0.548 e. The number of ether oxygens (including phenoxy) is 2. The van der Waals surface area contributed by atoms with Crippen molar-refractivity contribution in [2.45, 2.75) is 39.7 Å². The van der Waals surface area contributed by atoms with Gasteiger partial charge in [-0.25, -0.2) is 18.4 Å². The van der Waals surface area contributed by atoms with Gasteiger partial charge in [0.05, 0.1) is 22.8 Å². The van der Waals surface area contributed by atoms with Gasteiger partial charge in [0.1, 0.15) is 27.1 Å². The molecule has 3 aromatic rings. The summed E-state index contributed by atoms with van der Waals surface area (Å²) in [7, 11) is 1.21. The molecule has 2 aromatic heterocycles. The first-order chi connectivity index (χ1) is 16.2. The molecule has 0 spiro atoms. The molecule has 0 amide bonds. The van der Waals surface area contributed by atoms with Crippen LogP contribution in [0, 0.1) is 17.0 Å². The fraction of sp³-hybridized carbons (Fsp3) is 0.429. The maximum absolute atomic E-state index is 15.0. The van der Waals surface area contributed by atoms with E-state index in [4.69, 9.17) is 16.3 Å². The molecule has 1 aromatic carbocycles. The molecule has 2 heterocycles. The minimum absolute atomic E-state index is 0.167. The molecule has 0 saturated heterocycles. The van der Waals surface area contributed by atoms with Gasteiger partial charge in [-0.15, -0.1) is 11.3 Å². The van der Waals surface area contributed by atoms with Gasteiger partial charge >= 0.3 is 12.6 Å². The molecule has 190 valence electrons. The van der Waals surface area contributed by atoms with Crippen LogP contribution in [0.1, 0.15) is 32.7 Å². The van der Waals surface area contributed by atoms with E-state index in [0.717, 1.165) is 4.68 Å². The van der Waals surface area contributed by atoms with Gasteiger partial charge in [-0.1, -0.05) is 32.4 Å². The molecule has 0 radical (unpaired) electrons. The molecule has 0 bridgehead atoms. The normalized spacial score (nSPS) is 13.8. The monoisotopic (exact) mass is 536 g/mol. The Morgan fingerprint density at radius 2 is 1.89 bits per heavy atom. The van der Waals surface area contributed by atoms with Crippen LogP contribution >= 0.6 is 22.9 Å². The number of carboxylic acids is 1. The van der Waals surface area contributed by atoms with Crippen LogP contribution in [-0.4, -0.2) is 39.9 Å². The number of aryl methyl sites for hydroxylation is 1. The lowest BCUT2D eigenvalue weighted by molar-refractivity contribution is -0.316. The highest BCUT2D eigenvalue weighted by Crippen LogP contribution is 2.48. The van der Waals surface area contributed by atoms with Crippen molar-refractivity contribution in [1.29, 1.82) is 0 Å². The van der Waals surface area contributed by atoms with Crippen molar-refractivity contribution >= 4 is 45.1 Å². The van der Waals surface area contributed by atoms with E-state index in [1.165, 1.54) is 34.7 Å². The van der Waals surface area contributed by atoms with Gasteiger partial charge in [0.15, 0.2) is 11.2 Å². The number of thiazole rings is 1. The van der Waals surface area contributed by atoms with E-state index in [0.29, 0.717) is 17.4 Å². The van der Waals surface area contributed by atoms with E-state index in [2.05, 4.69) is 14.8 Å². The molecule has 8 nitrogen and oxygen atoms in total. The third-order valence-electron chi connectivity index (χ3n) is 5.28. The maximum atomic E-state index is 15.0. The number of carbonyl (C=O) groups excluding carboxylic acids is 2. The lowest BCUT2D eigenvalue weighted by Crippen LogP contribution is -2.59. The first-order valence-electron chi connectivity index (χ1n) is 10.0. The van der Waals surface area contributed by atoms with Crippen molar-refractivity contribution in [1.82, 2.24) is 14.8 Å². The number of nitrogens with zero attached hydrogens (tertiary/aromatic N) is 3. The Bertz CT molecular complexity index is 1320. The fourth-order valence-electron chi connectivity index (χ4n) is 3.68. The van der Waals surface area contributed by atoms with Gasteiger partial charge in [0, 0.05) is 13.1 Å². The van der Waals surface area contributed by atoms with E-state index < -0.39 is 68.0 Å². The topological polar surface area (TPSA) is 106 Å². The molecule has 0 aliphatic carbocycles. The minimum Gasteiger partial charge on any atom is -0.548 e. The van der Waals surface area contributed by atoms with Gasteiger partial charge in [0.2, 0.25) is 5.88 Å². The second kappa shape index (κ2) is 9.26. The summed E-state index contributed by atoms with van der Waals surface area (Å²) in [6.07, 6.45) is 0. The van der Waals surface area contributed by atoms with E-state index in [-0.39, 0.29) is 17.0 Å². The number of carboxylic acid groups (broad SMARTS) is 1. The highest BCUT2D eigenvalue weighted by Gasteiger charge is 2.55. The standard InChI is InChI=1S/C21H20ClF4N3O5S/c1-6-33-18(32)21(17(30)31,20(2,3)4)16-27-12-9(24)7-8(23)10(14(12)35-16)13-11(22)15(29(5)28-13)34-19(25)26/h7,19H,6H2,1-5H3,(H,30,31)/p-1. The number of aromatic nitrogens is 3. The summed E-state index contributed by atoms with van der Waals surface area (Å²) in [6.45, 7) is 2.31. The SMILES string of the molecule is CCOC(=O)C(C(=O)[O-])(c1nc2c(F)cc(F)c(-c3nn(C)c(OC(F)F)c3Cl)c2s1)C(C)(C)C. The molecular formula is C21H19ClF4N3O5S-. The predicted molar refractivity (Wildman–Crippen MR) is 116 cm³/mol. The highest BCUT2D eigenvalue weighted by molar-refractivity contribution is 7.19. The van der Waals surface area contributed by atoms with Crippen molar-refractivity contribution < 1.29 is 41.7 Å². The number of benzene rings is 1. The van der Waals surface area contributed by atoms with Crippen LogP contribution < -0.4 is 9.84 Å². The van der Waals surface area contributed by atoms with Crippen LogP contribution in [0.3, 0.4) is 0 Å². The average Bonchev–Trinajstić information content (AvgIpc) is 3.25. The first kappa shape index (κ1) is 26.7. The van der Waals surface area contributed by atoms with Crippen molar-refractivity contribution in [2.24, 2.45) is 12.5 Å². The summed E-state index contributed by atoms with van der Waals surface area (Å²) in [4.78, 5) is 29.4. The lowest BCUT2D eigenvalue weighted by atomic mass is 9.66. The number of esters is 1. The highest BCUT2D eigenvalue weighted by atomic mass is 35.5. The second-order valence-corrected chi connectivity index (χ2v) is 9.77. The third kappa shape index (κ3) is 4.20. The number of hydrogen-bond acceptors (Lipinski definition) is 8. The molecule has 3 rings (SSSR count). The number of hydrogen-bond donors (Lipinski definition) is 0. The molecule has 0 fully saturated rings. The quantitative estimate of drug-likeness (QED) is 0.257.